The van der Waals surface area contributed by atoms with E-state index in [2.05, 4.69) is 23.3 Å². The van der Waals surface area contributed by atoms with E-state index in [9.17, 15) is 10.4 Å². The van der Waals surface area contributed by atoms with E-state index in [0.29, 0.717) is 17.3 Å². The van der Waals surface area contributed by atoms with Gasteiger partial charge in [-0.1, -0.05) is 19.8 Å². The van der Waals surface area contributed by atoms with Crippen molar-refractivity contribution in [1.29, 1.82) is 5.26 Å². The molecule has 4 heteroatoms. The Kier molecular flexibility index (Phi) is 4.29. The number of rotatable bonds is 3. The van der Waals surface area contributed by atoms with Crippen LogP contribution in [0.1, 0.15) is 49.4 Å². The minimum atomic E-state index is -0.337. The van der Waals surface area contributed by atoms with Gasteiger partial charge in [0.25, 0.3) is 0 Å². The number of aryl methyl sites for hydroxylation is 2. The summed E-state index contributed by atoms with van der Waals surface area (Å²) in [5.74, 6) is 1.20. The summed E-state index contributed by atoms with van der Waals surface area (Å²) >= 11 is 0. The highest BCUT2D eigenvalue weighted by Crippen LogP contribution is 2.35. The van der Waals surface area contributed by atoms with Crippen LogP contribution < -0.4 is 5.32 Å². The molecule has 0 aromatic carbocycles. The molecule has 1 aromatic rings. The van der Waals surface area contributed by atoms with Crippen LogP contribution in [0.2, 0.25) is 0 Å². The predicted octanol–water partition coefficient (Wildman–Crippen LogP) is 2.92. The van der Waals surface area contributed by atoms with E-state index in [1.165, 1.54) is 6.42 Å². The molecule has 1 fully saturated rings. The average molecular weight is 273 g/mol. The Balaban J connectivity index is 2.35. The molecule has 4 nitrogen and oxygen atoms in total. The molecule has 2 atom stereocenters. The van der Waals surface area contributed by atoms with Gasteiger partial charge in [-0.05, 0) is 44.2 Å². The second-order valence-electron chi connectivity index (χ2n) is 6.18. The van der Waals surface area contributed by atoms with Crippen molar-refractivity contribution in [2.24, 2.45) is 5.92 Å². The van der Waals surface area contributed by atoms with Gasteiger partial charge in [-0.25, -0.2) is 4.98 Å². The van der Waals surface area contributed by atoms with Crippen molar-refractivity contribution in [3.63, 3.8) is 0 Å². The molecular weight excluding hydrogens is 250 g/mol. The molecule has 0 amide bonds. The van der Waals surface area contributed by atoms with Gasteiger partial charge >= 0.3 is 0 Å². The molecule has 0 bridgehead atoms. The van der Waals surface area contributed by atoms with Gasteiger partial charge < -0.3 is 10.4 Å². The minimum absolute atomic E-state index is 0.0802. The van der Waals surface area contributed by atoms with Crippen molar-refractivity contribution < 1.29 is 5.11 Å². The van der Waals surface area contributed by atoms with E-state index in [-0.39, 0.29) is 12.1 Å². The van der Waals surface area contributed by atoms with Crippen LogP contribution in [0.4, 0.5) is 5.82 Å². The van der Waals surface area contributed by atoms with Gasteiger partial charge in [0.2, 0.25) is 0 Å². The number of hydrogen-bond donors (Lipinski definition) is 2. The predicted molar refractivity (Wildman–Crippen MR) is 79.5 cm³/mol. The lowest BCUT2D eigenvalue weighted by Gasteiger charge is -2.40. The molecule has 2 rings (SSSR count). The van der Waals surface area contributed by atoms with Gasteiger partial charge in [-0.2, -0.15) is 5.26 Å². The van der Waals surface area contributed by atoms with Crippen LogP contribution in [0, 0.1) is 31.1 Å². The largest absolute Gasteiger partial charge is 0.394 e. The summed E-state index contributed by atoms with van der Waals surface area (Å²) in [4.78, 5) is 4.47. The van der Waals surface area contributed by atoms with E-state index in [1.807, 2.05) is 19.9 Å². The van der Waals surface area contributed by atoms with Crippen molar-refractivity contribution in [3.05, 3.63) is 22.9 Å². The molecule has 1 heterocycles. The summed E-state index contributed by atoms with van der Waals surface area (Å²) < 4.78 is 0. The highest BCUT2D eigenvalue weighted by molar-refractivity contribution is 5.57. The van der Waals surface area contributed by atoms with Gasteiger partial charge in [0.05, 0.1) is 17.7 Å². The van der Waals surface area contributed by atoms with Crippen LogP contribution in [0.25, 0.3) is 0 Å². The second-order valence-corrected chi connectivity index (χ2v) is 6.18. The van der Waals surface area contributed by atoms with Crippen molar-refractivity contribution >= 4 is 5.82 Å². The maximum atomic E-state index is 9.85. The molecule has 1 aromatic heterocycles. The molecule has 2 unspecified atom stereocenters. The number of nitrogens with one attached hydrogen (secondary N) is 1. The number of nitrogens with zero attached hydrogens (tertiary/aromatic N) is 2. The maximum absolute atomic E-state index is 9.85. The summed E-state index contributed by atoms with van der Waals surface area (Å²) in [5.41, 5.74) is 2.07. The standard InChI is InChI=1S/C16H23N3O/c1-11-5-4-6-16(8-11,10-20)19-15-14(9-17)12(2)7-13(3)18-15/h7,11,20H,4-6,8,10H2,1-3H3,(H,18,19). The van der Waals surface area contributed by atoms with E-state index in [4.69, 9.17) is 0 Å². The molecule has 20 heavy (non-hydrogen) atoms. The fourth-order valence-corrected chi connectivity index (χ4v) is 3.28. The third kappa shape index (κ3) is 2.94. The lowest BCUT2D eigenvalue weighted by Crippen LogP contribution is -2.46. The fourth-order valence-electron chi connectivity index (χ4n) is 3.28. The van der Waals surface area contributed by atoms with Crippen LogP contribution in [0.3, 0.4) is 0 Å². The number of anilines is 1. The first-order valence-corrected chi connectivity index (χ1v) is 7.27. The van der Waals surface area contributed by atoms with Crippen LogP contribution in [-0.2, 0) is 0 Å². The van der Waals surface area contributed by atoms with Crippen LogP contribution >= 0.6 is 0 Å². The first kappa shape index (κ1) is 14.8. The summed E-state index contributed by atoms with van der Waals surface area (Å²) in [7, 11) is 0. The van der Waals surface area contributed by atoms with Crippen molar-refractivity contribution in [2.75, 3.05) is 11.9 Å². The van der Waals surface area contributed by atoms with Gasteiger partial charge in [0, 0.05) is 5.69 Å². The Morgan fingerprint density at radius 2 is 2.30 bits per heavy atom. The molecule has 1 aliphatic rings. The fraction of sp³-hybridized carbons (Fsp3) is 0.625. The number of pyridine rings is 1. The van der Waals surface area contributed by atoms with Gasteiger partial charge in [-0.3, -0.25) is 0 Å². The number of aliphatic hydroxyl groups excluding tert-OH is 1. The number of nitriles is 1. The summed E-state index contributed by atoms with van der Waals surface area (Å²) in [6.45, 7) is 6.14. The van der Waals surface area contributed by atoms with Crippen LogP contribution in [-0.4, -0.2) is 22.2 Å². The van der Waals surface area contributed by atoms with E-state index in [0.717, 1.165) is 30.5 Å². The van der Waals surface area contributed by atoms with Crippen LogP contribution in [0.5, 0.6) is 0 Å². The topological polar surface area (TPSA) is 68.9 Å². The first-order chi connectivity index (χ1) is 9.49. The third-order valence-corrected chi connectivity index (χ3v) is 4.23. The van der Waals surface area contributed by atoms with Crippen molar-refractivity contribution in [1.82, 2.24) is 4.98 Å². The molecule has 0 aliphatic heterocycles. The highest BCUT2D eigenvalue weighted by atomic mass is 16.3. The van der Waals surface area contributed by atoms with E-state index >= 15 is 0 Å². The molecule has 0 spiro atoms. The molecule has 1 aliphatic carbocycles. The van der Waals surface area contributed by atoms with E-state index in [1.54, 1.807) is 0 Å². The van der Waals surface area contributed by atoms with Gasteiger partial charge in [0.15, 0.2) is 0 Å². The summed E-state index contributed by atoms with van der Waals surface area (Å²) in [6.07, 6.45) is 4.15. The number of hydrogen-bond acceptors (Lipinski definition) is 4. The average Bonchev–Trinajstić information content (AvgIpc) is 2.38. The summed E-state index contributed by atoms with van der Waals surface area (Å²) in [6, 6.07) is 4.14. The Hall–Kier alpha value is -1.60. The van der Waals surface area contributed by atoms with Gasteiger partial charge in [-0.15, -0.1) is 0 Å². The maximum Gasteiger partial charge on any atom is 0.144 e. The molecule has 1 saturated carbocycles. The lowest BCUT2D eigenvalue weighted by atomic mass is 9.76. The number of aliphatic hydroxyl groups is 1. The zero-order valence-corrected chi connectivity index (χ0v) is 12.5. The molecule has 2 N–H and O–H groups in total. The first-order valence-electron chi connectivity index (χ1n) is 7.27. The zero-order chi connectivity index (χ0) is 14.8. The quantitative estimate of drug-likeness (QED) is 0.888. The number of aromatic nitrogens is 1. The van der Waals surface area contributed by atoms with E-state index < -0.39 is 0 Å². The zero-order valence-electron chi connectivity index (χ0n) is 12.5. The Morgan fingerprint density at radius 3 is 2.90 bits per heavy atom. The second kappa shape index (κ2) is 5.80. The molecular formula is C16H23N3O. The minimum Gasteiger partial charge on any atom is -0.394 e. The Morgan fingerprint density at radius 1 is 1.55 bits per heavy atom. The smallest absolute Gasteiger partial charge is 0.144 e. The lowest BCUT2D eigenvalue weighted by molar-refractivity contribution is 0.149. The molecule has 0 saturated heterocycles. The normalized spacial score (nSPS) is 26.1. The van der Waals surface area contributed by atoms with Crippen LogP contribution in [0.15, 0.2) is 6.07 Å². The Bertz CT molecular complexity index is 535. The third-order valence-electron chi connectivity index (χ3n) is 4.23. The van der Waals surface area contributed by atoms with Gasteiger partial charge in [0.1, 0.15) is 11.9 Å². The molecule has 0 radical (unpaired) electrons. The SMILES string of the molecule is Cc1cc(C)c(C#N)c(NC2(CO)CCCC(C)C2)n1. The highest BCUT2D eigenvalue weighted by Gasteiger charge is 2.35. The van der Waals surface area contributed by atoms with Crippen molar-refractivity contribution in [2.45, 2.75) is 52.0 Å². The van der Waals surface area contributed by atoms with Crippen molar-refractivity contribution in [3.8, 4) is 6.07 Å². The molecule has 108 valence electrons. The summed E-state index contributed by atoms with van der Waals surface area (Å²) in [5, 5.41) is 22.6. The monoisotopic (exact) mass is 273 g/mol. The Labute approximate surface area is 120 Å².